The number of nitrogens with two attached hydrogens (primary N) is 1. The van der Waals surface area contributed by atoms with Crippen LogP contribution in [0.15, 0.2) is 0 Å². The van der Waals surface area contributed by atoms with Crippen molar-refractivity contribution in [2.45, 2.75) is 50.9 Å². The van der Waals surface area contributed by atoms with Crippen LogP contribution in [-0.4, -0.2) is 12.5 Å². The average Bonchev–Trinajstić information content (AvgIpc) is 2.93. The average molecular weight is 203 g/mol. The van der Waals surface area contributed by atoms with E-state index in [1.165, 1.54) is 12.8 Å². The van der Waals surface area contributed by atoms with E-state index < -0.39 is 5.92 Å². The smallest absolute Gasteiger partial charge is 0.248 e. The highest BCUT2D eigenvalue weighted by Crippen LogP contribution is 2.50. The Morgan fingerprint density at radius 2 is 1.64 bits per heavy atom. The fraction of sp³-hybridized carbons (Fsp3) is 1.00. The van der Waals surface area contributed by atoms with E-state index >= 15 is 0 Å². The third-order valence-corrected chi connectivity index (χ3v) is 3.89. The Kier molecular flexibility index (Phi) is 2.54. The highest BCUT2D eigenvalue weighted by molar-refractivity contribution is 4.93. The van der Waals surface area contributed by atoms with Crippen molar-refractivity contribution in [2.75, 3.05) is 6.54 Å². The first-order valence-corrected chi connectivity index (χ1v) is 5.63. The number of hydrogen-bond acceptors (Lipinski definition) is 1. The molecule has 0 unspecified atom stereocenters. The maximum atomic E-state index is 13.0. The molecular formula is C11H19F2N. The first-order valence-electron chi connectivity index (χ1n) is 5.63. The van der Waals surface area contributed by atoms with E-state index in [-0.39, 0.29) is 18.3 Å². The zero-order chi connectivity index (χ0) is 10.2. The second-order valence-corrected chi connectivity index (χ2v) is 5.21. The minimum Gasteiger partial charge on any atom is -0.330 e. The van der Waals surface area contributed by atoms with Crippen molar-refractivity contribution >= 4 is 0 Å². The zero-order valence-electron chi connectivity index (χ0n) is 8.57. The Balaban J connectivity index is 1.93. The Morgan fingerprint density at radius 3 is 2.07 bits per heavy atom. The molecular weight excluding hydrogens is 184 g/mol. The first-order chi connectivity index (χ1) is 6.55. The molecule has 0 spiro atoms. The minimum atomic E-state index is -2.41. The summed E-state index contributed by atoms with van der Waals surface area (Å²) < 4.78 is 26.0. The highest BCUT2D eigenvalue weighted by atomic mass is 19.3. The number of alkyl halides is 2. The SMILES string of the molecule is NCC1(CC2CC2)CCC(F)(F)CC1. The minimum absolute atomic E-state index is 0.0525. The second-order valence-electron chi connectivity index (χ2n) is 5.21. The molecule has 0 heterocycles. The monoisotopic (exact) mass is 203 g/mol. The van der Waals surface area contributed by atoms with E-state index in [4.69, 9.17) is 5.73 Å². The molecule has 2 rings (SSSR count). The van der Waals surface area contributed by atoms with Crippen LogP contribution < -0.4 is 5.73 Å². The van der Waals surface area contributed by atoms with Gasteiger partial charge in [-0.25, -0.2) is 8.78 Å². The maximum Gasteiger partial charge on any atom is 0.248 e. The summed E-state index contributed by atoms with van der Waals surface area (Å²) in [7, 11) is 0. The van der Waals surface area contributed by atoms with Crippen LogP contribution in [0.1, 0.15) is 44.9 Å². The van der Waals surface area contributed by atoms with Crippen LogP contribution in [0.3, 0.4) is 0 Å². The molecule has 1 nitrogen and oxygen atoms in total. The fourth-order valence-electron chi connectivity index (χ4n) is 2.57. The summed E-state index contributed by atoms with van der Waals surface area (Å²) in [5.41, 5.74) is 5.82. The van der Waals surface area contributed by atoms with Crippen LogP contribution in [0.5, 0.6) is 0 Å². The second kappa shape index (κ2) is 3.44. The van der Waals surface area contributed by atoms with Crippen LogP contribution in [0.25, 0.3) is 0 Å². The van der Waals surface area contributed by atoms with Gasteiger partial charge in [0.05, 0.1) is 0 Å². The number of halogens is 2. The Labute approximate surface area is 84.0 Å². The summed E-state index contributed by atoms with van der Waals surface area (Å²) in [5.74, 6) is -1.62. The van der Waals surface area contributed by atoms with Gasteiger partial charge in [-0.1, -0.05) is 12.8 Å². The summed E-state index contributed by atoms with van der Waals surface area (Å²) in [6.45, 7) is 0.597. The van der Waals surface area contributed by atoms with Gasteiger partial charge >= 0.3 is 0 Å². The normalized spacial score (nSPS) is 30.2. The van der Waals surface area contributed by atoms with Crippen molar-refractivity contribution in [3.05, 3.63) is 0 Å². The van der Waals surface area contributed by atoms with Crippen molar-refractivity contribution in [1.82, 2.24) is 0 Å². The van der Waals surface area contributed by atoms with Gasteiger partial charge in [0.15, 0.2) is 0 Å². The molecule has 0 saturated heterocycles. The van der Waals surface area contributed by atoms with Crippen LogP contribution in [0.4, 0.5) is 8.78 Å². The first kappa shape index (κ1) is 10.3. The molecule has 0 radical (unpaired) electrons. The van der Waals surface area contributed by atoms with E-state index in [1.807, 2.05) is 0 Å². The lowest BCUT2D eigenvalue weighted by Gasteiger charge is -2.39. The van der Waals surface area contributed by atoms with Crippen LogP contribution in [-0.2, 0) is 0 Å². The molecule has 0 aliphatic heterocycles. The summed E-state index contributed by atoms with van der Waals surface area (Å²) in [5, 5.41) is 0. The molecule has 3 heteroatoms. The molecule has 0 aromatic carbocycles. The highest BCUT2D eigenvalue weighted by Gasteiger charge is 2.44. The van der Waals surface area contributed by atoms with Crippen molar-refractivity contribution in [1.29, 1.82) is 0 Å². The van der Waals surface area contributed by atoms with Gasteiger partial charge in [-0.15, -0.1) is 0 Å². The fourth-order valence-corrected chi connectivity index (χ4v) is 2.57. The standard InChI is InChI=1S/C11H19F2N/c12-11(13)5-3-10(8-14,4-6-11)7-9-1-2-9/h9H,1-8,14H2. The molecule has 82 valence electrons. The molecule has 2 saturated carbocycles. The van der Waals surface area contributed by atoms with E-state index in [9.17, 15) is 8.78 Å². The third kappa shape index (κ3) is 2.25. The van der Waals surface area contributed by atoms with Crippen molar-refractivity contribution < 1.29 is 8.78 Å². The van der Waals surface area contributed by atoms with Gasteiger partial charge in [-0.05, 0) is 37.1 Å². The predicted octanol–water partition coefficient (Wildman–Crippen LogP) is 2.94. The number of hydrogen-bond donors (Lipinski definition) is 1. The molecule has 0 aromatic rings. The van der Waals surface area contributed by atoms with Gasteiger partial charge in [0.2, 0.25) is 5.92 Å². The molecule has 0 bridgehead atoms. The Bertz CT molecular complexity index is 201. The summed E-state index contributed by atoms with van der Waals surface area (Å²) in [4.78, 5) is 0. The molecule has 0 aromatic heterocycles. The molecule has 2 fully saturated rings. The lowest BCUT2D eigenvalue weighted by Crippen LogP contribution is -2.39. The van der Waals surface area contributed by atoms with E-state index in [2.05, 4.69) is 0 Å². The van der Waals surface area contributed by atoms with Crippen LogP contribution >= 0.6 is 0 Å². The van der Waals surface area contributed by atoms with Gasteiger partial charge in [-0.2, -0.15) is 0 Å². The van der Waals surface area contributed by atoms with Gasteiger partial charge in [0.1, 0.15) is 0 Å². The summed E-state index contributed by atoms with van der Waals surface area (Å²) in [6, 6.07) is 0. The molecule has 2 N–H and O–H groups in total. The quantitative estimate of drug-likeness (QED) is 0.749. The summed E-state index contributed by atoms with van der Waals surface area (Å²) >= 11 is 0. The van der Waals surface area contributed by atoms with Crippen molar-refractivity contribution in [2.24, 2.45) is 17.1 Å². The Morgan fingerprint density at radius 1 is 1.07 bits per heavy atom. The number of rotatable bonds is 3. The van der Waals surface area contributed by atoms with E-state index in [0.29, 0.717) is 19.4 Å². The molecule has 2 aliphatic carbocycles. The lowest BCUT2D eigenvalue weighted by molar-refractivity contribution is -0.0679. The molecule has 2 aliphatic rings. The molecule has 14 heavy (non-hydrogen) atoms. The zero-order valence-corrected chi connectivity index (χ0v) is 8.57. The Hall–Kier alpha value is -0.180. The largest absolute Gasteiger partial charge is 0.330 e. The van der Waals surface area contributed by atoms with Crippen molar-refractivity contribution in [3.8, 4) is 0 Å². The maximum absolute atomic E-state index is 13.0. The van der Waals surface area contributed by atoms with Gasteiger partial charge in [0, 0.05) is 12.8 Å². The van der Waals surface area contributed by atoms with Gasteiger partial charge < -0.3 is 5.73 Å². The van der Waals surface area contributed by atoms with Gasteiger partial charge in [-0.3, -0.25) is 0 Å². The van der Waals surface area contributed by atoms with Crippen LogP contribution in [0, 0.1) is 11.3 Å². The van der Waals surface area contributed by atoms with Gasteiger partial charge in [0.25, 0.3) is 0 Å². The lowest BCUT2D eigenvalue weighted by atomic mass is 9.69. The van der Waals surface area contributed by atoms with Crippen molar-refractivity contribution in [3.63, 3.8) is 0 Å². The summed E-state index contributed by atoms with van der Waals surface area (Å²) in [6.07, 6.45) is 5.05. The van der Waals surface area contributed by atoms with Crippen LogP contribution in [0.2, 0.25) is 0 Å². The predicted molar refractivity (Wildman–Crippen MR) is 52.2 cm³/mol. The molecule has 0 atom stereocenters. The topological polar surface area (TPSA) is 26.0 Å². The third-order valence-electron chi connectivity index (χ3n) is 3.89. The molecule has 0 amide bonds. The van der Waals surface area contributed by atoms with E-state index in [0.717, 1.165) is 12.3 Å². The van der Waals surface area contributed by atoms with E-state index in [1.54, 1.807) is 0 Å².